The minimum Gasteiger partial charge on any atom is -0.444 e. The maximum absolute atomic E-state index is 11.6. The van der Waals surface area contributed by atoms with Gasteiger partial charge in [0, 0.05) is 45.0 Å². The number of guanidine groups is 1. The smallest absolute Gasteiger partial charge is 0.407 e. The Bertz CT molecular complexity index is 642. The lowest BCUT2D eigenvalue weighted by Crippen LogP contribution is -2.39. The largest absolute Gasteiger partial charge is 0.444 e. The second kappa shape index (κ2) is 11.5. The second-order valence-electron chi connectivity index (χ2n) is 8.36. The van der Waals surface area contributed by atoms with Crippen LogP contribution in [0.3, 0.4) is 0 Å². The fraction of sp³-hybridized carbons (Fsp3) is 0.636. The van der Waals surface area contributed by atoms with Crippen molar-refractivity contribution in [2.75, 3.05) is 44.2 Å². The molecule has 0 saturated carbocycles. The van der Waals surface area contributed by atoms with Gasteiger partial charge in [0.2, 0.25) is 0 Å². The van der Waals surface area contributed by atoms with Crippen LogP contribution in [-0.2, 0) is 4.74 Å². The van der Waals surface area contributed by atoms with Crippen LogP contribution in [0.15, 0.2) is 35.3 Å². The summed E-state index contributed by atoms with van der Waals surface area (Å²) in [6.07, 6.45) is 1.59. The van der Waals surface area contributed by atoms with E-state index in [1.54, 1.807) is 0 Å². The predicted molar refractivity (Wildman–Crippen MR) is 120 cm³/mol. The zero-order chi connectivity index (χ0) is 21.1. The number of amides is 1. The zero-order valence-electron chi connectivity index (χ0n) is 18.3. The summed E-state index contributed by atoms with van der Waals surface area (Å²) >= 11 is 0. The SMILES string of the molecule is CCNC(=NCC1CCN(c2ccccc2)C1)NCCCNC(=O)OC(C)(C)C. The number of aliphatic imine (C=N–C) groups is 1. The van der Waals surface area contributed by atoms with Gasteiger partial charge in [-0.15, -0.1) is 0 Å². The van der Waals surface area contributed by atoms with Crippen LogP contribution in [0.2, 0.25) is 0 Å². The van der Waals surface area contributed by atoms with E-state index in [-0.39, 0.29) is 6.09 Å². The molecule has 29 heavy (non-hydrogen) atoms. The molecule has 1 unspecified atom stereocenters. The third kappa shape index (κ3) is 9.07. The van der Waals surface area contributed by atoms with Gasteiger partial charge in [0.1, 0.15) is 5.60 Å². The number of nitrogens with zero attached hydrogens (tertiary/aromatic N) is 2. The predicted octanol–water partition coefficient (Wildman–Crippen LogP) is 2.98. The molecular formula is C22H37N5O2. The minimum absolute atomic E-state index is 0.373. The van der Waals surface area contributed by atoms with Gasteiger partial charge in [-0.2, -0.15) is 0 Å². The summed E-state index contributed by atoms with van der Waals surface area (Å²) in [4.78, 5) is 18.8. The first-order valence-corrected chi connectivity index (χ1v) is 10.7. The maximum atomic E-state index is 11.6. The third-order valence-electron chi connectivity index (χ3n) is 4.57. The van der Waals surface area contributed by atoms with Crippen LogP contribution >= 0.6 is 0 Å². The molecule has 1 amide bonds. The van der Waals surface area contributed by atoms with Crippen LogP contribution in [0.1, 0.15) is 40.5 Å². The molecule has 1 heterocycles. The molecule has 162 valence electrons. The van der Waals surface area contributed by atoms with E-state index in [1.807, 2.05) is 20.8 Å². The van der Waals surface area contributed by atoms with Crippen molar-refractivity contribution in [3.63, 3.8) is 0 Å². The van der Waals surface area contributed by atoms with Gasteiger partial charge in [0.05, 0.1) is 0 Å². The molecule has 0 spiro atoms. The molecule has 1 saturated heterocycles. The number of carbonyl (C=O) groups excluding carboxylic acids is 1. The number of para-hydroxylation sites is 1. The Kier molecular flexibility index (Phi) is 9.09. The molecular weight excluding hydrogens is 366 g/mol. The quantitative estimate of drug-likeness (QED) is 0.353. The van der Waals surface area contributed by atoms with Gasteiger partial charge < -0.3 is 25.6 Å². The summed E-state index contributed by atoms with van der Waals surface area (Å²) in [5.74, 6) is 1.41. The zero-order valence-corrected chi connectivity index (χ0v) is 18.3. The first-order chi connectivity index (χ1) is 13.9. The van der Waals surface area contributed by atoms with Crippen molar-refractivity contribution in [2.45, 2.75) is 46.1 Å². The van der Waals surface area contributed by atoms with E-state index < -0.39 is 5.60 Å². The lowest BCUT2D eigenvalue weighted by molar-refractivity contribution is 0.0527. The van der Waals surface area contributed by atoms with Crippen molar-refractivity contribution in [3.8, 4) is 0 Å². The number of nitrogens with one attached hydrogen (secondary N) is 3. The van der Waals surface area contributed by atoms with E-state index in [4.69, 9.17) is 9.73 Å². The van der Waals surface area contributed by atoms with E-state index >= 15 is 0 Å². The monoisotopic (exact) mass is 403 g/mol. The Morgan fingerprint density at radius 2 is 1.90 bits per heavy atom. The average molecular weight is 404 g/mol. The molecule has 1 fully saturated rings. The number of rotatable bonds is 8. The van der Waals surface area contributed by atoms with Gasteiger partial charge >= 0.3 is 6.09 Å². The third-order valence-corrected chi connectivity index (χ3v) is 4.57. The van der Waals surface area contributed by atoms with E-state index in [0.717, 1.165) is 51.5 Å². The Morgan fingerprint density at radius 3 is 2.59 bits per heavy atom. The number of alkyl carbamates (subject to hydrolysis) is 1. The highest BCUT2D eigenvalue weighted by molar-refractivity contribution is 5.79. The number of anilines is 1. The molecule has 0 aliphatic carbocycles. The number of carbonyl (C=O) groups is 1. The maximum Gasteiger partial charge on any atom is 0.407 e. The van der Waals surface area contributed by atoms with E-state index in [0.29, 0.717) is 12.5 Å². The van der Waals surface area contributed by atoms with Gasteiger partial charge in [-0.05, 0) is 58.6 Å². The molecule has 1 aromatic rings. The Morgan fingerprint density at radius 1 is 1.17 bits per heavy atom. The first kappa shape index (κ1) is 22.8. The van der Waals surface area contributed by atoms with Gasteiger partial charge in [-0.3, -0.25) is 4.99 Å². The summed E-state index contributed by atoms with van der Waals surface area (Å²) in [7, 11) is 0. The summed E-state index contributed by atoms with van der Waals surface area (Å²) in [6, 6.07) is 10.6. The first-order valence-electron chi connectivity index (χ1n) is 10.7. The molecule has 3 N–H and O–H groups in total. The van der Waals surface area contributed by atoms with Gasteiger partial charge in [0.25, 0.3) is 0 Å². The number of benzene rings is 1. The highest BCUT2D eigenvalue weighted by atomic mass is 16.6. The number of hydrogen-bond donors (Lipinski definition) is 3. The highest BCUT2D eigenvalue weighted by Crippen LogP contribution is 2.23. The van der Waals surface area contributed by atoms with E-state index in [9.17, 15) is 4.79 Å². The Hall–Kier alpha value is -2.44. The number of ether oxygens (including phenoxy) is 1. The van der Waals surface area contributed by atoms with Crippen molar-refractivity contribution in [3.05, 3.63) is 30.3 Å². The molecule has 7 nitrogen and oxygen atoms in total. The van der Waals surface area contributed by atoms with E-state index in [2.05, 4.69) is 58.1 Å². The molecule has 1 aliphatic heterocycles. The van der Waals surface area contributed by atoms with Gasteiger partial charge in [-0.1, -0.05) is 18.2 Å². The topological polar surface area (TPSA) is 78.0 Å². The summed E-state index contributed by atoms with van der Waals surface area (Å²) in [5, 5.41) is 9.41. The van der Waals surface area contributed by atoms with Crippen molar-refractivity contribution >= 4 is 17.7 Å². The Labute approximate surface area is 175 Å². The molecule has 1 aliphatic rings. The summed E-state index contributed by atoms with van der Waals surface area (Å²) < 4.78 is 5.23. The second-order valence-corrected chi connectivity index (χ2v) is 8.36. The Balaban J connectivity index is 1.68. The lowest BCUT2D eigenvalue weighted by atomic mass is 10.1. The standard InChI is InChI=1S/C22H37N5O2/c1-5-23-20(24-13-9-14-25-21(28)29-22(2,3)4)26-16-18-12-15-27(17-18)19-10-7-6-8-11-19/h6-8,10-11,18H,5,9,12-17H2,1-4H3,(H,25,28)(H2,23,24,26). The van der Waals surface area contributed by atoms with Crippen LogP contribution < -0.4 is 20.9 Å². The van der Waals surface area contributed by atoms with Crippen LogP contribution in [0.4, 0.5) is 10.5 Å². The van der Waals surface area contributed by atoms with Crippen molar-refractivity contribution in [1.82, 2.24) is 16.0 Å². The van der Waals surface area contributed by atoms with Crippen molar-refractivity contribution in [2.24, 2.45) is 10.9 Å². The molecule has 1 aromatic carbocycles. The molecule has 1 atom stereocenters. The molecule has 7 heteroatoms. The molecule has 0 aromatic heterocycles. The molecule has 2 rings (SSSR count). The van der Waals surface area contributed by atoms with Gasteiger partial charge in [0.15, 0.2) is 5.96 Å². The lowest BCUT2D eigenvalue weighted by Gasteiger charge is -2.19. The minimum atomic E-state index is -0.469. The summed E-state index contributed by atoms with van der Waals surface area (Å²) in [6.45, 7) is 12.7. The highest BCUT2D eigenvalue weighted by Gasteiger charge is 2.22. The van der Waals surface area contributed by atoms with Crippen molar-refractivity contribution < 1.29 is 9.53 Å². The summed E-state index contributed by atoms with van der Waals surface area (Å²) in [5.41, 5.74) is 0.824. The van der Waals surface area contributed by atoms with Crippen LogP contribution in [0.5, 0.6) is 0 Å². The van der Waals surface area contributed by atoms with Crippen LogP contribution in [0.25, 0.3) is 0 Å². The van der Waals surface area contributed by atoms with Crippen LogP contribution in [0, 0.1) is 5.92 Å². The molecule has 0 radical (unpaired) electrons. The van der Waals surface area contributed by atoms with Crippen molar-refractivity contribution in [1.29, 1.82) is 0 Å². The van der Waals surface area contributed by atoms with E-state index in [1.165, 1.54) is 5.69 Å². The fourth-order valence-corrected chi connectivity index (χ4v) is 3.22. The normalized spacial score (nSPS) is 17.2. The fourth-order valence-electron chi connectivity index (χ4n) is 3.22. The van der Waals surface area contributed by atoms with Gasteiger partial charge in [-0.25, -0.2) is 4.79 Å². The molecule has 0 bridgehead atoms. The van der Waals surface area contributed by atoms with Crippen LogP contribution in [-0.4, -0.2) is 56.9 Å². The number of hydrogen-bond acceptors (Lipinski definition) is 4. The average Bonchev–Trinajstić information content (AvgIpc) is 3.14.